The molecule has 1 aliphatic carbocycles. The molecule has 0 aliphatic heterocycles. The number of benzene rings is 1. The number of aryl methyl sites for hydroxylation is 2. The normalized spacial score (nSPS) is 16.4. The van der Waals surface area contributed by atoms with Crippen LogP contribution in [0.1, 0.15) is 39.8 Å². The summed E-state index contributed by atoms with van der Waals surface area (Å²) in [6.07, 6.45) is 0.951. The third kappa shape index (κ3) is 2.07. The van der Waals surface area contributed by atoms with E-state index in [1.807, 2.05) is 26.0 Å². The van der Waals surface area contributed by atoms with Crippen molar-refractivity contribution in [3.8, 4) is 0 Å². The number of hydrogen-bond donors (Lipinski definition) is 1. The molecular weight excluding hydrogens is 252 g/mol. The number of nitrogens with zero attached hydrogens (tertiary/aromatic N) is 2. The average Bonchev–Trinajstić information content (AvgIpc) is 2.35. The van der Waals surface area contributed by atoms with E-state index in [0.29, 0.717) is 0 Å². The van der Waals surface area contributed by atoms with E-state index >= 15 is 0 Å². The van der Waals surface area contributed by atoms with Gasteiger partial charge in [0.2, 0.25) is 0 Å². The molecule has 1 N–H and O–H groups in total. The van der Waals surface area contributed by atoms with Crippen LogP contribution in [-0.2, 0) is 17.6 Å². The van der Waals surface area contributed by atoms with Crippen LogP contribution in [0.15, 0.2) is 24.3 Å². The predicted molar refractivity (Wildman–Crippen MR) is 74.8 cm³/mol. The Kier molecular flexibility index (Phi) is 3.01. The van der Waals surface area contributed by atoms with Gasteiger partial charge in [-0.05, 0) is 31.4 Å². The molecule has 0 fully saturated rings. The van der Waals surface area contributed by atoms with Crippen molar-refractivity contribution in [3.05, 3.63) is 58.2 Å². The second kappa shape index (κ2) is 4.71. The molecule has 0 amide bonds. The van der Waals surface area contributed by atoms with Crippen LogP contribution < -0.4 is 0 Å². The van der Waals surface area contributed by atoms with Crippen LogP contribution in [0.25, 0.3) is 0 Å². The van der Waals surface area contributed by atoms with Crippen LogP contribution in [0.3, 0.4) is 0 Å². The third-order valence-electron chi connectivity index (χ3n) is 3.93. The van der Waals surface area contributed by atoms with Gasteiger partial charge in [0.1, 0.15) is 5.82 Å². The molecule has 1 aromatic heterocycles. The molecule has 1 heterocycles. The van der Waals surface area contributed by atoms with E-state index in [1.54, 1.807) is 0 Å². The van der Waals surface area contributed by atoms with Crippen molar-refractivity contribution in [1.82, 2.24) is 9.97 Å². The Hall–Kier alpha value is -2.23. The van der Waals surface area contributed by atoms with Gasteiger partial charge in [0.05, 0.1) is 6.42 Å². The summed E-state index contributed by atoms with van der Waals surface area (Å²) in [5.41, 5.74) is 4.93. The van der Waals surface area contributed by atoms with Crippen molar-refractivity contribution >= 4 is 5.97 Å². The highest BCUT2D eigenvalue weighted by Crippen LogP contribution is 2.38. The highest BCUT2D eigenvalue weighted by atomic mass is 16.4. The second-order valence-electron chi connectivity index (χ2n) is 5.26. The Morgan fingerprint density at radius 2 is 1.90 bits per heavy atom. The van der Waals surface area contributed by atoms with E-state index in [9.17, 15) is 4.79 Å². The van der Waals surface area contributed by atoms with Crippen molar-refractivity contribution in [2.24, 2.45) is 0 Å². The van der Waals surface area contributed by atoms with E-state index in [1.165, 1.54) is 11.1 Å². The summed E-state index contributed by atoms with van der Waals surface area (Å²) < 4.78 is 0. The molecule has 3 rings (SSSR count). The minimum atomic E-state index is -0.846. The van der Waals surface area contributed by atoms with Crippen LogP contribution in [0.5, 0.6) is 0 Å². The summed E-state index contributed by atoms with van der Waals surface area (Å²) in [6.45, 7) is 3.72. The highest BCUT2D eigenvalue weighted by Gasteiger charge is 2.30. The largest absolute Gasteiger partial charge is 0.481 e. The molecule has 20 heavy (non-hydrogen) atoms. The van der Waals surface area contributed by atoms with Crippen molar-refractivity contribution in [1.29, 1.82) is 0 Å². The summed E-state index contributed by atoms with van der Waals surface area (Å²) in [6, 6.07) is 8.32. The maximum atomic E-state index is 10.9. The molecule has 102 valence electrons. The first-order valence-electron chi connectivity index (χ1n) is 6.70. The smallest absolute Gasteiger partial charge is 0.307 e. The summed E-state index contributed by atoms with van der Waals surface area (Å²) in [4.78, 5) is 19.9. The van der Waals surface area contributed by atoms with E-state index in [4.69, 9.17) is 5.11 Å². The topological polar surface area (TPSA) is 63.1 Å². The van der Waals surface area contributed by atoms with E-state index in [0.717, 1.165) is 29.2 Å². The molecule has 2 aromatic rings. The number of hydrogen-bond acceptors (Lipinski definition) is 3. The summed E-state index contributed by atoms with van der Waals surface area (Å²) in [7, 11) is 0. The molecule has 1 aromatic carbocycles. The minimum absolute atomic E-state index is 0.0147. The number of carbonyl (C=O) groups is 1. The monoisotopic (exact) mass is 268 g/mol. The van der Waals surface area contributed by atoms with Crippen molar-refractivity contribution in [2.75, 3.05) is 0 Å². The first kappa shape index (κ1) is 12.8. The maximum Gasteiger partial charge on any atom is 0.307 e. The zero-order chi connectivity index (χ0) is 14.3. The number of carboxylic acids is 1. The average molecular weight is 268 g/mol. The van der Waals surface area contributed by atoms with Crippen molar-refractivity contribution < 1.29 is 9.90 Å². The molecule has 0 bridgehead atoms. The van der Waals surface area contributed by atoms with Crippen LogP contribution >= 0.6 is 0 Å². The van der Waals surface area contributed by atoms with Gasteiger partial charge in [-0.3, -0.25) is 4.79 Å². The Labute approximate surface area is 117 Å². The van der Waals surface area contributed by atoms with E-state index in [-0.39, 0.29) is 12.3 Å². The second-order valence-corrected chi connectivity index (χ2v) is 5.26. The standard InChI is InChI=1S/C16H16N2O2/c1-9-13(8-15(19)20)10(2)18-16(17-9)14-7-11-5-3-4-6-12(11)14/h3-6,14H,7-8H2,1-2H3,(H,19,20). The molecule has 1 unspecified atom stereocenters. The summed E-state index contributed by atoms with van der Waals surface area (Å²) in [5, 5.41) is 8.93. The molecule has 0 radical (unpaired) electrons. The molecule has 4 heteroatoms. The van der Waals surface area contributed by atoms with Gasteiger partial charge in [-0.15, -0.1) is 0 Å². The summed E-state index contributed by atoms with van der Waals surface area (Å²) in [5.74, 6) is 0.219. The van der Waals surface area contributed by atoms with Gasteiger partial charge in [-0.25, -0.2) is 9.97 Å². The molecule has 0 saturated carbocycles. The van der Waals surface area contributed by atoms with E-state index in [2.05, 4.69) is 22.1 Å². The molecule has 0 saturated heterocycles. The van der Waals surface area contributed by atoms with Gasteiger partial charge in [-0.1, -0.05) is 24.3 Å². The fraction of sp³-hybridized carbons (Fsp3) is 0.312. The number of aromatic nitrogens is 2. The van der Waals surface area contributed by atoms with Crippen molar-refractivity contribution in [3.63, 3.8) is 0 Å². The Balaban J connectivity index is 1.96. The predicted octanol–water partition coefficient (Wildman–Crippen LogP) is 2.41. The highest BCUT2D eigenvalue weighted by molar-refractivity contribution is 5.70. The molecule has 1 atom stereocenters. The van der Waals surface area contributed by atoms with Gasteiger partial charge in [0.25, 0.3) is 0 Å². The third-order valence-corrected chi connectivity index (χ3v) is 3.93. The van der Waals surface area contributed by atoms with Gasteiger partial charge in [-0.2, -0.15) is 0 Å². The van der Waals surface area contributed by atoms with Crippen LogP contribution in [0, 0.1) is 13.8 Å². The van der Waals surface area contributed by atoms with Crippen LogP contribution in [0.2, 0.25) is 0 Å². The quantitative estimate of drug-likeness (QED) is 0.928. The lowest BCUT2D eigenvalue weighted by molar-refractivity contribution is -0.136. The Bertz CT molecular complexity index is 672. The van der Waals surface area contributed by atoms with E-state index < -0.39 is 5.97 Å². The Morgan fingerprint density at radius 1 is 1.25 bits per heavy atom. The number of aliphatic carboxylic acids is 1. The van der Waals surface area contributed by atoms with Crippen molar-refractivity contribution in [2.45, 2.75) is 32.6 Å². The first-order valence-corrected chi connectivity index (χ1v) is 6.70. The lowest BCUT2D eigenvalue weighted by Crippen LogP contribution is -2.22. The fourth-order valence-electron chi connectivity index (χ4n) is 2.82. The number of rotatable bonds is 3. The van der Waals surface area contributed by atoms with Crippen LogP contribution in [0.4, 0.5) is 0 Å². The first-order chi connectivity index (χ1) is 9.56. The minimum Gasteiger partial charge on any atom is -0.481 e. The Morgan fingerprint density at radius 3 is 2.50 bits per heavy atom. The zero-order valence-electron chi connectivity index (χ0n) is 11.6. The lowest BCUT2D eigenvalue weighted by Gasteiger charge is -2.29. The molecule has 0 spiro atoms. The number of carboxylic acid groups (broad SMARTS) is 1. The maximum absolute atomic E-state index is 10.9. The van der Waals surface area contributed by atoms with Gasteiger partial charge in [0, 0.05) is 22.9 Å². The molecule has 1 aliphatic rings. The van der Waals surface area contributed by atoms with Gasteiger partial charge < -0.3 is 5.11 Å². The fourth-order valence-corrected chi connectivity index (χ4v) is 2.82. The van der Waals surface area contributed by atoms with Gasteiger partial charge in [0.15, 0.2) is 0 Å². The van der Waals surface area contributed by atoms with Crippen LogP contribution in [-0.4, -0.2) is 21.0 Å². The molecule has 4 nitrogen and oxygen atoms in total. The lowest BCUT2D eigenvalue weighted by atomic mass is 9.77. The van der Waals surface area contributed by atoms with Gasteiger partial charge >= 0.3 is 5.97 Å². The SMILES string of the molecule is Cc1nc(C2Cc3ccccc32)nc(C)c1CC(=O)O. The summed E-state index contributed by atoms with van der Waals surface area (Å²) >= 11 is 0. The number of fused-ring (bicyclic) bond motifs is 1. The zero-order valence-corrected chi connectivity index (χ0v) is 11.6. The molecular formula is C16H16N2O2.